The van der Waals surface area contributed by atoms with Crippen molar-refractivity contribution in [2.45, 2.75) is 39.2 Å². The fourth-order valence-corrected chi connectivity index (χ4v) is 4.39. The Morgan fingerprint density at radius 1 is 1.12 bits per heavy atom. The lowest BCUT2D eigenvalue weighted by molar-refractivity contribution is 0.0704. The van der Waals surface area contributed by atoms with Gasteiger partial charge in [-0.2, -0.15) is 0 Å². The van der Waals surface area contributed by atoms with E-state index in [0.29, 0.717) is 36.7 Å². The number of amides is 1. The second-order valence-electron chi connectivity index (χ2n) is 8.82. The number of nitrogens with one attached hydrogen (secondary N) is 1. The molecule has 0 spiro atoms. The molecule has 0 aliphatic carbocycles. The van der Waals surface area contributed by atoms with Gasteiger partial charge in [-0.25, -0.2) is 9.67 Å². The maximum Gasteiger partial charge on any atom is 0.281 e. The van der Waals surface area contributed by atoms with Gasteiger partial charge in [0.15, 0.2) is 11.2 Å². The summed E-state index contributed by atoms with van der Waals surface area (Å²) in [6.45, 7) is 5.71. The van der Waals surface area contributed by atoms with Crippen LogP contribution in [0.3, 0.4) is 0 Å². The van der Waals surface area contributed by atoms with E-state index in [2.05, 4.69) is 15.3 Å². The quantitative estimate of drug-likeness (QED) is 0.524. The topological polar surface area (TPSA) is 96.8 Å². The Kier molecular flexibility index (Phi) is 5.50. The zero-order chi connectivity index (χ0) is 22.9. The highest BCUT2D eigenvalue weighted by atomic mass is 16.2. The van der Waals surface area contributed by atoms with Crippen molar-refractivity contribution < 1.29 is 4.79 Å². The number of H-pyrrole nitrogens is 1. The van der Waals surface area contributed by atoms with Gasteiger partial charge in [0.2, 0.25) is 0 Å². The molecule has 1 fully saturated rings. The fourth-order valence-electron chi connectivity index (χ4n) is 4.39. The molecule has 0 radical (unpaired) electrons. The molecular formula is C25H26N6O2. The van der Waals surface area contributed by atoms with Gasteiger partial charge in [-0.15, -0.1) is 5.10 Å². The van der Waals surface area contributed by atoms with Crippen LogP contribution < -0.4 is 5.56 Å². The molecule has 1 amide bonds. The molecule has 1 atom stereocenters. The molecule has 1 aliphatic heterocycles. The van der Waals surface area contributed by atoms with Crippen LogP contribution in [0.1, 0.15) is 51.6 Å². The van der Waals surface area contributed by atoms with E-state index in [9.17, 15) is 9.59 Å². The largest absolute Gasteiger partial charge is 0.338 e. The van der Waals surface area contributed by atoms with Crippen LogP contribution in [0.4, 0.5) is 0 Å². The first-order chi connectivity index (χ1) is 16.0. The lowest BCUT2D eigenvalue weighted by atomic mass is 9.96. The molecule has 0 unspecified atom stereocenters. The average molecular weight is 443 g/mol. The SMILES string of the molecule is Cc1ccc(Cn2nnc3c(=O)[nH]c([C@H]4CCCN(C(=O)c5cccc(C)c5)C4)nc32)cc1. The first-order valence-corrected chi connectivity index (χ1v) is 11.2. The molecule has 4 aromatic rings. The van der Waals surface area contributed by atoms with Crippen molar-refractivity contribution in [1.29, 1.82) is 0 Å². The summed E-state index contributed by atoms with van der Waals surface area (Å²) < 4.78 is 1.66. The Balaban J connectivity index is 1.42. The number of piperidine rings is 1. The minimum Gasteiger partial charge on any atom is -0.338 e. The van der Waals surface area contributed by atoms with Crippen molar-refractivity contribution in [3.63, 3.8) is 0 Å². The fraction of sp³-hybridized carbons (Fsp3) is 0.320. The van der Waals surface area contributed by atoms with E-state index in [1.165, 1.54) is 5.56 Å². The second-order valence-corrected chi connectivity index (χ2v) is 8.82. The minimum atomic E-state index is -0.299. The zero-order valence-corrected chi connectivity index (χ0v) is 18.8. The number of hydrogen-bond acceptors (Lipinski definition) is 5. The second kappa shape index (κ2) is 8.61. The van der Waals surface area contributed by atoms with Gasteiger partial charge < -0.3 is 9.88 Å². The normalized spacial score (nSPS) is 16.3. The zero-order valence-electron chi connectivity index (χ0n) is 18.8. The number of likely N-dealkylation sites (tertiary alicyclic amines) is 1. The summed E-state index contributed by atoms with van der Waals surface area (Å²) in [4.78, 5) is 35.3. The van der Waals surface area contributed by atoms with E-state index < -0.39 is 0 Å². The van der Waals surface area contributed by atoms with Crippen molar-refractivity contribution in [2.24, 2.45) is 0 Å². The minimum absolute atomic E-state index is 0.0119. The maximum atomic E-state index is 13.1. The van der Waals surface area contributed by atoms with Crippen molar-refractivity contribution in [3.8, 4) is 0 Å². The van der Waals surface area contributed by atoms with Gasteiger partial charge in [-0.1, -0.05) is 52.7 Å². The lowest BCUT2D eigenvalue weighted by Crippen LogP contribution is -2.40. The maximum absolute atomic E-state index is 13.1. The van der Waals surface area contributed by atoms with E-state index >= 15 is 0 Å². The average Bonchev–Trinajstić information content (AvgIpc) is 3.23. The van der Waals surface area contributed by atoms with Crippen LogP contribution in [-0.2, 0) is 6.54 Å². The third-order valence-electron chi connectivity index (χ3n) is 6.21. The Morgan fingerprint density at radius 2 is 1.94 bits per heavy atom. The van der Waals surface area contributed by atoms with Gasteiger partial charge in [0, 0.05) is 24.6 Å². The van der Waals surface area contributed by atoms with Crippen LogP contribution in [0, 0.1) is 13.8 Å². The van der Waals surface area contributed by atoms with Crippen LogP contribution >= 0.6 is 0 Å². The van der Waals surface area contributed by atoms with Crippen molar-refractivity contribution in [1.82, 2.24) is 29.9 Å². The Hall–Kier alpha value is -3.81. The van der Waals surface area contributed by atoms with Crippen molar-refractivity contribution in [2.75, 3.05) is 13.1 Å². The third-order valence-corrected chi connectivity index (χ3v) is 6.21. The summed E-state index contributed by atoms with van der Waals surface area (Å²) in [6.07, 6.45) is 1.70. The Morgan fingerprint density at radius 3 is 2.73 bits per heavy atom. The van der Waals surface area contributed by atoms with Gasteiger partial charge in [0.1, 0.15) is 5.82 Å². The molecule has 33 heavy (non-hydrogen) atoms. The van der Waals surface area contributed by atoms with E-state index in [4.69, 9.17) is 4.98 Å². The van der Waals surface area contributed by atoms with Crippen LogP contribution in [0.5, 0.6) is 0 Å². The first kappa shape index (κ1) is 21.1. The van der Waals surface area contributed by atoms with Crippen molar-refractivity contribution >= 4 is 17.1 Å². The van der Waals surface area contributed by atoms with Gasteiger partial charge in [0.05, 0.1) is 6.54 Å². The summed E-state index contributed by atoms with van der Waals surface area (Å²) >= 11 is 0. The van der Waals surface area contributed by atoms with E-state index in [0.717, 1.165) is 24.0 Å². The van der Waals surface area contributed by atoms with E-state index in [-0.39, 0.29) is 22.9 Å². The van der Waals surface area contributed by atoms with Crippen LogP contribution in [0.25, 0.3) is 11.2 Å². The summed E-state index contributed by atoms with van der Waals surface area (Å²) in [7, 11) is 0. The Labute approximate surface area is 191 Å². The summed E-state index contributed by atoms with van der Waals surface area (Å²) in [6, 6.07) is 15.8. The number of benzene rings is 2. The molecule has 8 heteroatoms. The third kappa shape index (κ3) is 4.28. The lowest BCUT2D eigenvalue weighted by Gasteiger charge is -2.32. The molecule has 1 N–H and O–H groups in total. The predicted octanol–water partition coefficient (Wildman–Crippen LogP) is 3.20. The molecule has 0 bridgehead atoms. The number of fused-ring (bicyclic) bond motifs is 1. The number of aromatic nitrogens is 5. The van der Waals surface area contributed by atoms with Crippen LogP contribution in [0.15, 0.2) is 53.3 Å². The standard InChI is InChI=1S/C25H26N6O2/c1-16-8-10-18(11-9-16)14-31-23-21(28-29-31)24(32)27-22(26-23)20-7-4-12-30(15-20)25(33)19-6-3-5-17(2)13-19/h3,5-6,8-11,13,20H,4,7,12,14-15H2,1-2H3,(H,26,27,32)/t20-/m0/s1. The number of carbonyl (C=O) groups is 1. The number of nitrogens with zero attached hydrogens (tertiary/aromatic N) is 5. The highest BCUT2D eigenvalue weighted by Gasteiger charge is 2.28. The van der Waals surface area contributed by atoms with E-state index in [1.807, 2.05) is 67.3 Å². The number of hydrogen-bond donors (Lipinski definition) is 1. The highest BCUT2D eigenvalue weighted by Crippen LogP contribution is 2.26. The van der Waals surface area contributed by atoms with E-state index in [1.54, 1.807) is 4.68 Å². The number of aromatic amines is 1. The molecule has 1 aliphatic rings. The predicted molar refractivity (Wildman–Crippen MR) is 125 cm³/mol. The van der Waals surface area contributed by atoms with Gasteiger partial charge in [0.25, 0.3) is 11.5 Å². The molecule has 2 aromatic heterocycles. The first-order valence-electron chi connectivity index (χ1n) is 11.2. The molecule has 0 saturated carbocycles. The highest BCUT2D eigenvalue weighted by molar-refractivity contribution is 5.94. The smallest absolute Gasteiger partial charge is 0.281 e. The monoisotopic (exact) mass is 442 g/mol. The van der Waals surface area contributed by atoms with Crippen LogP contribution in [0.2, 0.25) is 0 Å². The summed E-state index contributed by atoms with van der Waals surface area (Å²) in [5.41, 5.74) is 4.39. The number of rotatable bonds is 4. The molecule has 3 heterocycles. The molecule has 168 valence electrons. The number of carbonyl (C=O) groups excluding carboxylic acids is 1. The van der Waals surface area contributed by atoms with Gasteiger partial charge in [-0.3, -0.25) is 9.59 Å². The van der Waals surface area contributed by atoms with Crippen molar-refractivity contribution in [3.05, 3.63) is 87.0 Å². The summed E-state index contributed by atoms with van der Waals surface area (Å²) in [5.74, 6) is 0.548. The molecule has 5 rings (SSSR count). The molecule has 2 aromatic carbocycles. The van der Waals surface area contributed by atoms with Crippen LogP contribution in [-0.4, -0.2) is 48.9 Å². The number of aryl methyl sites for hydroxylation is 2. The van der Waals surface area contributed by atoms with Gasteiger partial charge >= 0.3 is 0 Å². The van der Waals surface area contributed by atoms with Gasteiger partial charge in [-0.05, 0) is 44.4 Å². The molecular weight excluding hydrogens is 416 g/mol. The Bertz CT molecular complexity index is 1370. The summed E-state index contributed by atoms with van der Waals surface area (Å²) in [5, 5.41) is 8.22. The molecule has 8 nitrogen and oxygen atoms in total. The molecule has 1 saturated heterocycles.